The first-order chi connectivity index (χ1) is 9.56. The molecule has 0 aliphatic rings. The van der Waals surface area contributed by atoms with E-state index in [4.69, 9.17) is 11.6 Å². The van der Waals surface area contributed by atoms with E-state index in [0.717, 1.165) is 29.1 Å². The van der Waals surface area contributed by atoms with Gasteiger partial charge in [-0.15, -0.1) is 11.6 Å². The first-order valence-electron chi connectivity index (χ1n) is 6.55. The molecule has 0 spiro atoms. The molecular weight excluding hydrogens is 290 g/mol. The topological polar surface area (TPSA) is 30.7 Å². The van der Waals surface area contributed by atoms with Crippen LogP contribution in [-0.4, -0.2) is 14.5 Å². The van der Waals surface area contributed by atoms with Crippen LogP contribution in [-0.2, 0) is 6.54 Å². The van der Waals surface area contributed by atoms with Gasteiger partial charge in [-0.25, -0.2) is 9.97 Å². The number of imidazole rings is 1. The molecule has 3 rings (SSSR count). The standard InChI is InChI=1S/C15H16ClN3S/c1-9-4-13-15(17-5-9)19(14(18-13)11(3)16)6-12-8-20-7-10(12)2/h4-5,7-8,11H,6H2,1-3H3. The van der Waals surface area contributed by atoms with Gasteiger partial charge in [0.2, 0.25) is 0 Å². The van der Waals surface area contributed by atoms with Crippen LogP contribution >= 0.6 is 22.9 Å². The summed E-state index contributed by atoms with van der Waals surface area (Å²) in [6.07, 6.45) is 1.88. The van der Waals surface area contributed by atoms with Crippen molar-refractivity contribution in [2.45, 2.75) is 32.7 Å². The number of hydrogen-bond acceptors (Lipinski definition) is 3. The Labute approximate surface area is 127 Å². The molecule has 3 aromatic rings. The van der Waals surface area contributed by atoms with E-state index in [-0.39, 0.29) is 5.38 Å². The van der Waals surface area contributed by atoms with Crippen LogP contribution in [0.2, 0.25) is 0 Å². The number of fused-ring (bicyclic) bond motifs is 1. The molecule has 0 saturated carbocycles. The lowest BCUT2D eigenvalue weighted by Crippen LogP contribution is -2.06. The summed E-state index contributed by atoms with van der Waals surface area (Å²) < 4.78 is 2.13. The lowest BCUT2D eigenvalue weighted by Gasteiger charge is -2.09. The van der Waals surface area contributed by atoms with E-state index in [0.29, 0.717) is 0 Å². The summed E-state index contributed by atoms with van der Waals surface area (Å²) in [5.41, 5.74) is 5.54. The molecule has 0 fully saturated rings. The van der Waals surface area contributed by atoms with Crippen LogP contribution in [0.15, 0.2) is 23.0 Å². The van der Waals surface area contributed by atoms with Crippen molar-refractivity contribution < 1.29 is 0 Å². The first kappa shape index (κ1) is 13.6. The quantitative estimate of drug-likeness (QED) is 0.669. The van der Waals surface area contributed by atoms with Crippen LogP contribution in [0.5, 0.6) is 0 Å². The largest absolute Gasteiger partial charge is 0.307 e. The number of rotatable bonds is 3. The molecule has 0 saturated heterocycles. The van der Waals surface area contributed by atoms with Crippen LogP contribution in [0.25, 0.3) is 11.2 Å². The Kier molecular flexibility index (Phi) is 3.52. The predicted molar refractivity (Wildman–Crippen MR) is 84.7 cm³/mol. The summed E-state index contributed by atoms with van der Waals surface area (Å²) in [6.45, 7) is 6.88. The molecule has 0 aromatic carbocycles. The molecule has 0 N–H and O–H groups in total. The third kappa shape index (κ3) is 2.34. The smallest absolute Gasteiger partial charge is 0.160 e. The zero-order valence-corrected chi connectivity index (χ0v) is 13.3. The molecule has 0 radical (unpaired) electrons. The van der Waals surface area contributed by atoms with E-state index in [9.17, 15) is 0 Å². The van der Waals surface area contributed by atoms with Gasteiger partial charge in [0.05, 0.1) is 11.9 Å². The van der Waals surface area contributed by atoms with Crippen LogP contribution in [0, 0.1) is 13.8 Å². The van der Waals surface area contributed by atoms with E-state index in [1.807, 2.05) is 20.0 Å². The minimum Gasteiger partial charge on any atom is -0.307 e. The van der Waals surface area contributed by atoms with Crippen molar-refractivity contribution in [1.29, 1.82) is 0 Å². The minimum atomic E-state index is -0.136. The van der Waals surface area contributed by atoms with Crippen LogP contribution in [0.3, 0.4) is 0 Å². The van der Waals surface area contributed by atoms with Gasteiger partial charge < -0.3 is 4.57 Å². The second-order valence-electron chi connectivity index (χ2n) is 5.11. The van der Waals surface area contributed by atoms with Gasteiger partial charge in [-0.05, 0) is 54.3 Å². The summed E-state index contributed by atoms with van der Waals surface area (Å²) >= 11 is 8.01. The number of aromatic nitrogens is 3. The Morgan fingerprint density at radius 1 is 1.35 bits per heavy atom. The number of hydrogen-bond donors (Lipinski definition) is 0. The van der Waals surface area contributed by atoms with E-state index in [1.165, 1.54) is 11.1 Å². The molecular formula is C15H16ClN3S. The Hall–Kier alpha value is -1.39. The maximum Gasteiger partial charge on any atom is 0.160 e. The highest BCUT2D eigenvalue weighted by atomic mass is 35.5. The first-order valence-corrected chi connectivity index (χ1v) is 7.92. The molecule has 104 valence electrons. The zero-order chi connectivity index (χ0) is 14.3. The molecule has 0 aliphatic heterocycles. The fourth-order valence-corrected chi connectivity index (χ4v) is 3.32. The van der Waals surface area contributed by atoms with Crippen molar-refractivity contribution in [3.05, 3.63) is 45.5 Å². The SMILES string of the molecule is Cc1cnc2c(c1)nc(C(C)Cl)n2Cc1cscc1C. The lowest BCUT2D eigenvalue weighted by atomic mass is 10.2. The van der Waals surface area contributed by atoms with Crippen molar-refractivity contribution in [2.24, 2.45) is 0 Å². The van der Waals surface area contributed by atoms with E-state index < -0.39 is 0 Å². The van der Waals surface area contributed by atoms with Crippen molar-refractivity contribution in [1.82, 2.24) is 14.5 Å². The molecule has 3 aromatic heterocycles. The Bertz CT molecular complexity index is 758. The average Bonchev–Trinajstić information content (AvgIpc) is 2.95. The van der Waals surface area contributed by atoms with Crippen LogP contribution in [0.4, 0.5) is 0 Å². The van der Waals surface area contributed by atoms with Gasteiger partial charge in [-0.1, -0.05) is 0 Å². The zero-order valence-electron chi connectivity index (χ0n) is 11.7. The fraction of sp³-hybridized carbons (Fsp3) is 0.333. The van der Waals surface area contributed by atoms with E-state index in [2.05, 4.69) is 38.3 Å². The average molecular weight is 306 g/mol. The highest BCUT2D eigenvalue weighted by molar-refractivity contribution is 7.08. The molecule has 1 atom stereocenters. The Morgan fingerprint density at radius 2 is 2.15 bits per heavy atom. The second-order valence-corrected chi connectivity index (χ2v) is 6.51. The van der Waals surface area contributed by atoms with Crippen molar-refractivity contribution >= 4 is 34.1 Å². The molecule has 3 nitrogen and oxygen atoms in total. The van der Waals surface area contributed by atoms with Crippen molar-refractivity contribution in [3.8, 4) is 0 Å². The highest BCUT2D eigenvalue weighted by Gasteiger charge is 2.17. The number of thiophene rings is 1. The van der Waals surface area contributed by atoms with Gasteiger partial charge in [0, 0.05) is 6.20 Å². The van der Waals surface area contributed by atoms with Gasteiger partial charge in [0.1, 0.15) is 11.3 Å². The number of halogens is 1. The van der Waals surface area contributed by atoms with Gasteiger partial charge in [0.15, 0.2) is 5.65 Å². The second kappa shape index (κ2) is 5.19. The van der Waals surface area contributed by atoms with Gasteiger partial charge in [-0.3, -0.25) is 0 Å². The molecule has 1 unspecified atom stereocenters. The maximum absolute atomic E-state index is 6.29. The fourth-order valence-electron chi connectivity index (χ4n) is 2.31. The lowest BCUT2D eigenvalue weighted by molar-refractivity contribution is 0.735. The van der Waals surface area contributed by atoms with Gasteiger partial charge in [0.25, 0.3) is 0 Å². The molecule has 20 heavy (non-hydrogen) atoms. The molecule has 0 aliphatic carbocycles. The van der Waals surface area contributed by atoms with Gasteiger partial charge >= 0.3 is 0 Å². The predicted octanol–water partition coefficient (Wildman–Crippen LogP) is 4.46. The monoisotopic (exact) mass is 305 g/mol. The Balaban J connectivity index is 2.16. The summed E-state index contributed by atoms with van der Waals surface area (Å²) in [6, 6.07) is 2.06. The summed E-state index contributed by atoms with van der Waals surface area (Å²) in [5, 5.41) is 4.21. The molecule has 0 bridgehead atoms. The third-order valence-corrected chi connectivity index (χ3v) is 4.50. The normalized spacial score (nSPS) is 13.0. The number of nitrogens with zero attached hydrogens (tertiary/aromatic N) is 3. The van der Waals surface area contributed by atoms with E-state index >= 15 is 0 Å². The van der Waals surface area contributed by atoms with E-state index in [1.54, 1.807) is 11.3 Å². The molecule has 5 heteroatoms. The number of pyridine rings is 1. The van der Waals surface area contributed by atoms with Crippen LogP contribution < -0.4 is 0 Å². The van der Waals surface area contributed by atoms with Crippen molar-refractivity contribution in [2.75, 3.05) is 0 Å². The van der Waals surface area contributed by atoms with Crippen LogP contribution in [0.1, 0.15) is 34.8 Å². The Morgan fingerprint density at radius 3 is 2.80 bits per heavy atom. The number of alkyl halides is 1. The van der Waals surface area contributed by atoms with Gasteiger partial charge in [-0.2, -0.15) is 11.3 Å². The summed E-state index contributed by atoms with van der Waals surface area (Å²) in [5.74, 6) is 0.880. The third-order valence-electron chi connectivity index (χ3n) is 3.40. The van der Waals surface area contributed by atoms with Crippen molar-refractivity contribution in [3.63, 3.8) is 0 Å². The molecule has 0 amide bonds. The number of aryl methyl sites for hydroxylation is 2. The summed E-state index contributed by atoms with van der Waals surface area (Å²) in [7, 11) is 0. The molecule has 3 heterocycles. The minimum absolute atomic E-state index is 0.136. The maximum atomic E-state index is 6.29. The summed E-state index contributed by atoms with van der Waals surface area (Å²) in [4.78, 5) is 9.19. The highest BCUT2D eigenvalue weighted by Crippen LogP contribution is 2.26.